The highest BCUT2D eigenvalue weighted by molar-refractivity contribution is 5.78. The lowest BCUT2D eigenvalue weighted by molar-refractivity contribution is -0.384. The lowest BCUT2D eigenvalue weighted by Gasteiger charge is -2.31. The summed E-state index contributed by atoms with van der Waals surface area (Å²) in [4.78, 5) is 45.7. The smallest absolute Gasteiger partial charge is 0.326 e. The molecule has 0 saturated heterocycles. The SMILES string of the molecule is C[C@@H](C(=O)O)N(CCN(CC(=O)O)CC(=O)O)c1ccc([N+](=O)[O-])cc1. The molecule has 0 aromatic heterocycles. The van der Waals surface area contributed by atoms with Gasteiger partial charge in [0.2, 0.25) is 0 Å². The van der Waals surface area contributed by atoms with Crippen molar-refractivity contribution in [3.8, 4) is 0 Å². The quantitative estimate of drug-likeness (QED) is 0.366. The summed E-state index contributed by atoms with van der Waals surface area (Å²) in [5.41, 5.74) is 0.228. The highest BCUT2D eigenvalue weighted by atomic mass is 16.6. The van der Waals surface area contributed by atoms with Gasteiger partial charge in [-0.3, -0.25) is 24.6 Å². The molecule has 0 aliphatic carbocycles. The van der Waals surface area contributed by atoms with E-state index in [0.717, 1.165) is 4.90 Å². The number of hydrogen-bond donors (Lipinski definition) is 3. The number of benzene rings is 1. The molecule has 0 amide bonds. The van der Waals surface area contributed by atoms with Crippen molar-refractivity contribution in [2.75, 3.05) is 31.1 Å². The normalized spacial score (nSPS) is 11.8. The Kier molecular flexibility index (Phi) is 7.47. The van der Waals surface area contributed by atoms with E-state index in [2.05, 4.69) is 0 Å². The predicted octanol–water partition coefficient (Wildman–Crippen LogP) is 0.346. The molecular weight excluding hydrogens is 350 g/mol. The first-order valence-electron chi connectivity index (χ1n) is 7.51. The third kappa shape index (κ3) is 6.36. The molecule has 0 aliphatic rings. The van der Waals surface area contributed by atoms with Crippen LogP contribution in [0, 0.1) is 10.1 Å². The molecule has 0 radical (unpaired) electrons. The Morgan fingerprint density at radius 3 is 1.92 bits per heavy atom. The largest absolute Gasteiger partial charge is 0.480 e. The van der Waals surface area contributed by atoms with E-state index < -0.39 is 42.0 Å². The van der Waals surface area contributed by atoms with Crippen LogP contribution in [0.3, 0.4) is 0 Å². The van der Waals surface area contributed by atoms with Gasteiger partial charge in [0.05, 0.1) is 18.0 Å². The van der Waals surface area contributed by atoms with Crippen molar-refractivity contribution < 1.29 is 34.6 Å². The average molecular weight is 369 g/mol. The number of nitro benzene ring substituents is 1. The van der Waals surface area contributed by atoms with Crippen LogP contribution in [-0.4, -0.2) is 75.3 Å². The van der Waals surface area contributed by atoms with Crippen LogP contribution in [0.4, 0.5) is 11.4 Å². The number of hydrogen-bond acceptors (Lipinski definition) is 7. The van der Waals surface area contributed by atoms with Gasteiger partial charge in [-0.15, -0.1) is 0 Å². The summed E-state index contributed by atoms with van der Waals surface area (Å²) in [5, 5.41) is 37.7. The average Bonchev–Trinajstić information content (AvgIpc) is 2.53. The van der Waals surface area contributed by atoms with E-state index in [4.69, 9.17) is 10.2 Å². The molecule has 1 aromatic rings. The first-order chi connectivity index (χ1) is 12.1. The molecular formula is C15H19N3O8. The molecule has 0 saturated carbocycles. The van der Waals surface area contributed by atoms with Gasteiger partial charge in [0.1, 0.15) is 6.04 Å². The fourth-order valence-electron chi connectivity index (χ4n) is 2.29. The standard InChI is InChI=1S/C15H19N3O8/c1-10(15(23)24)17(11-2-4-12(5-3-11)18(25)26)7-6-16(8-13(19)20)9-14(21)22/h2-5,10H,6-9H2,1H3,(H,19,20)(H,21,22)(H,23,24)/t10-/m0/s1. The Morgan fingerprint density at radius 1 is 1.04 bits per heavy atom. The summed E-state index contributed by atoms with van der Waals surface area (Å²) < 4.78 is 0. The van der Waals surface area contributed by atoms with Crippen LogP contribution in [0.25, 0.3) is 0 Å². The van der Waals surface area contributed by atoms with Crippen molar-refractivity contribution in [3.63, 3.8) is 0 Å². The minimum atomic E-state index is -1.21. The second-order valence-electron chi connectivity index (χ2n) is 5.48. The van der Waals surface area contributed by atoms with E-state index in [1.54, 1.807) is 0 Å². The first kappa shape index (κ1) is 20.8. The maximum Gasteiger partial charge on any atom is 0.326 e. The summed E-state index contributed by atoms with van der Waals surface area (Å²) in [5.74, 6) is -3.56. The monoisotopic (exact) mass is 369 g/mol. The fourth-order valence-corrected chi connectivity index (χ4v) is 2.29. The Hall–Kier alpha value is -3.21. The summed E-state index contributed by atoms with van der Waals surface area (Å²) >= 11 is 0. The highest BCUT2D eigenvalue weighted by Crippen LogP contribution is 2.21. The summed E-state index contributed by atoms with van der Waals surface area (Å²) in [6, 6.07) is 4.21. The first-order valence-corrected chi connectivity index (χ1v) is 7.51. The number of carbonyl (C=O) groups is 3. The molecule has 11 heteroatoms. The number of nitrogens with zero attached hydrogens (tertiary/aromatic N) is 3. The van der Waals surface area contributed by atoms with Gasteiger partial charge in [0, 0.05) is 30.9 Å². The van der Waals surface area contributed by atoms with Crippen LogP contribution in [0.15, 0.2) is 24.3 Å². The van der Waals surface area contributed by atoms with E-state index in [-0.39, 0.29) is 18.8 Å². The molecule has 0 heterocycles. The van der Waals surface area contributed by atoms with E-state index in [1.807, 2.05) is 0 Å². The van der Waals surface area contributed by atoms with Crippen LogP contribution in [0.2, 0.25) is 0 Å². The summed E-state index contributed by atoms with van der Waals surface area (Å²) in [6.07, 6.45) is 0. The lowest BCUT2D eigenvalue weighted by Crippen LogP contribution is -2.45. The van der Waals surface area contributed by atoms with E-state index in [0.29, 0.717) is 5.69 Å². The van der Waals surface area contributed by atoms with E-state index in [1.165, 1.54) is 36.1 Å². The number of carboxylic acid groups (broad SMARTS) is 3. The van der Waals surface area contributed by atoms with Crippen LogP contribution in [-0.2, 0) is 14.4 Å². The number of aliphatic carboxylic acids is 3. The van der Waals surface area contributed by atoms with Crippen molar-refractivity contribution in [3.05, 3.63) is 34.4 Å². The highest BCUT2D eigenvalue weighted by Gasteiger charge is 2.23. The van der Waals surface area contributed by atoms with Crippen molar-refractivity contribution in [1.82, 2.24) is 4.90 Å². The van der Waals surface area contributed by atoms with Crippen LogP contribution in [0.5, 0.6) is 0 Å². The van der Waals surface area contributed by atoms with Gasteiger partial charge in [-0.1, -0.05) is 0 Å². The molecule has 0 spiro atoms. The van der Waals surface area contributed by atoms with Gasteiger partial charge in [0.25, 0.3) is 5.69 Å². The Bertz CT molecular complexity index is 660. The number of rotatable bonds is 11. The second-order valence-corrected chi connectivity index (χ2v) is 5.48. The Labute approximate surface area is 148 Å². The van der Waals surface area contributed by atoms with Crippen LogP contribution < -0.4 is 4.90 Å². The number of nitro groups is 1. The van der Waals surface area contributed by atoms with Crippen LogP contribution in [0.1, 0.15) is 6.92 Å². The molecule has 1 aromatic carbocycles. The zero-order chi connectivity index (χ0) is 19.9. The minimum absolute atomic E-state index is 0.0197. The maximum absolute atomic E-state index is 11.3. The van der Waals surface area contributed by atoms with Crippen molar-refractivity contribution in [1.29, 1.82) is 0 Å². The maximum atomic E-state index is 11.3. The van der Waals surface area contributed by atoms with Gasteiger partial charge in [-0.05, 0) is 19.1 Å². The van der Waals surface area contributed by atoms with Crippen LogP contribution >= 0.6 is 0 Å². The third-order valence-corrected chi connectivity index (χ3v) is 3.59. The zero-order valence-electron chi connectivity index (χ0n) is 13.9. The summed E-state index contributed by atoms with van der Waals surface area (Å²) in [6.45, 7) is 0.380. The molecule has 0 fully saturated rings. The molecule has 11 nitrogen and oxygen atoms in total. The minimum Gasteiger partial charge on any atom is -0.480 e. The number of non-ortho nitro benzene ring substituents is 1. The molecule has 3 N–H and O–H groups in total. The summed E-state index contributed by atoms with van der Waals surface area (Å²) in [7, 11) is 0. The Morgan fingerprint density at radius 2 is 1.54 bits per heavy atom. The molecule has 0 unspecified atom stereocenters. The topological polar surface area (TPSA) is 162 Å². The number of anilines is 1. The lowest BCUT2D eigenvalue weighted by atomic mass is 10.2. The van der Waals surface area contributed by atoms with Gasteiger partial charge in [-0.25, -0.2) is 4.79 Å². The van der Waals surface area contributed by atoms with Gasteiger partial charge >= 0.3 is 17.9 Å². The van der Waals surface area contributed by atoms with Gasteiger partial charge < -0.3 is 20.2 Å². The molecule has 0 bridgehead atoms. The van der Waals surface area contributed by atoms with E-state index >= 15 is 0 Å². The second kappa shape index (κ2) is 9.32. The molecule has 1 rings (SSSR count). The predicted molar refractivity (Wildman–Crippen MR) is 89.3 cm³/mol. The fraction of sp³-hybridized carbons (Fsp3) is 0.400. The van der Waals surface area contributed by atoms with Crippen molar-refractivity contribution in [2.45, 2.75) is 13.0 Å². The number of carboxylic acids is 3. The molecule has 142 valence electrons. The molecule has 26 heavy (non-hydrogen) atoms. The van der Waals surface area contributed by atoms with E-state index in [9.17, 15) is 29.6 Å². The molecule has 0 aliphatic heterocycles. The van der Waals surface area contributed by atoms with Gasteiger partial charge in [-0.2, -0.15) is 0 Å². The van der Waals surface area contributed by atoms with Gasteiger partial charge in [0.15, 0.2) is 0 Å². The molecule has 1 atom stereocenters. The Balaban J connectivity index is 2.98. The zero-order valence-corrected chi connectivity index (χ0v) is 13.9. The van der Waals surface area contributed by atoms with Crippen molar-refractivity contribution >= 4 is 29.3 Å². The van der Waals surface area contributed by atoms with Crippen molar-refractivity contribution in [2.24, 2.45) is 0 Å². The third-order valence-electron chi connectivity index (χ3n) is 3.59.